The monoisotopic (exact) mass is 481 g/mol. The van der Waals surface area contributed by atoms with Crippen LogP contribution in [0.25, 0.3) is 6.08 Å². The van der Waals surface area contributed by atoms with E-state index in [2.05, 4.69) is 80.3 Å². The van der Waals surface area contributed by atoms with Crippen LogP contribution in [-0.2, 0) is 4.84 Å². The standard InChI is InChI=1S/C25H28BrN3O2/c1-18(13-19-5-3-2-4-6-19)15-28-9-11-29(12-10-28)16-24-22-17-30-23-14-20(26)7-8-21(23)25(22)27-31-24/h2-8,13-14,22,24H,9-12,15-17H2,1H3. The fraction of sp³-hybridized carbons (Fsp3) is 0.400. The molecule has 0 bridgehead atoms. The third-order valence-corrected chi connectivity index (χ3v) is 6.81. The fourth-order valence-corrected chi connectivity index (χ4v) is 5.00. The van der Waals surface area contributed by atoms with Gasteiger partial charge in [0.1, 0.15) is 18.1 Å². The molecule has 5 rings (SSSR count). The second-order valence-corrected chi connectivity index (χ2v) is 9.57. The minimum atomic E-state index is 0.0676. The Morgan fingerprint density at radius 1 is 1.10 bits per heavy atom. The number of hydrogen-bond acceptors (Lipinski definition) is 5. The van der Waals surface area contributed by atoms with Gasteiger partial charge >= 0.3 is 0 Å². The SMILES string of the molecule is CC(=Cc1ccccc1)CN1CCN(CC2ON=C3c4ccc(Br)cc4OCC32)CC1. The molecule has 3 heterocycles. The number of nitrogens with zero attached hydrogens (tertiary/aromatic N) is 3. The first-order chi connectivity index (χ1) is 15.2. The van der Waals surface area contributed by atoms with E-state index < -0.39 is 0 Å². The van der Waals surface area contributed by atoms with Gasteiger partial charge in [-0.05, 0) is 30.7 Å². The van der Waals surface area contributed by atoms with Crippen molar-refractivity contribution >= 4 is 27.7 Å². The van der Waals surface area contributed by atoms with Crippen LogP contribution in [0.4, 0.5) is 0 Å². The normalized spacial score (nSPS) is 24.1. The largest absolute Gasteiger partial charge is 0.492 e. The number of rotatable bonds is 5. The van der Waals surface area contributed by atoms with Gasteiger partial charge in [0.15, 0.2) is 6.10 Å². The van der Waals surface area contributed by atoms with Crippen LogP contribution in [0.15, 0.2) is 63.7 Å². The number of fused-ring (bicyclic) bond motifs is 3. The Bertz CT molecular complexity index is 984. The first-order valence-corrected chi connectivity index (χ1v) is 11.8. The maximum atomic E-state index is 6.02. The highest BCUT2D eigenvalue weighted by Gasteiger charge is 2.40. The van der Waals surface area contributed by atoms with Gasteiger partial charge in [-0.15, -0.1) is 0 Å². The summed E-state index contributed by atoms with van der Waals surface area (Å²) in [6, 6.07) is 16.7. The summed E-state index contributed by atoms with van der Waals surface area (Å²) in [5, 5.41) is 4.45. The summed E-state index contributed by atoms with van der Waals surface area (Å²) in [7, 11) is 0. The van der Waals surface area contributed by atoms with Gasteiger partial charge in [0.2, 0.25) is 0 Å². The van der Waals surface area contributed by atoms with Crippen LogP contribution in [0.1, 0.15) is 18.1 Å². The molecule has 6 heteroatoms. The Hall–Kier alpha value is -2.15. The maximum Gasteiger partial charge on any atom is 0.151 e. The van der Waals surface area contributed by atoms with Crippen LogP contribution < -0.4 is 4.74 Å². The molecule has 1 fully saturated rings. The van der Waals surface area contributed by atoms with Gasteiger partial charge in [0, 0.05) is 49.3 Å². The van der Waals surface area contributed by atoms with Crippen LogP contribution in [0, 0.1) is 5.92 Å². The molecule has 0 amide bonds. The summed E-state index contributed by atoms with van der Waals surface area (Å²) in [4.78, 5) is 10.9. The van der Waals surface area contributed by atoms with Crippen molar-refractivity contribution in [2.45, 2.75) is 13.0 Å². The van der Waals surface area contributed by atoms with Gasteiger partial charge in [-0.2, -0.15) is 0 Å². The predicted molar refractivity (Wildman–Crippen MR) is 128 cm³/mol. The van der Waals surface area contributed by atoms with E-state index in [1.165, 1.54) is 11.1 Å². The van der Waals surface area contributed by atoms with Gasteiger partial charge in [-0.1, -0.05) is 63.1 Å². The van der Waals surface area contributed by atoms with Crippen molar-refractivity contribution in [1.82, 2.24) is 9.80 Å². The molecule has 0 radical (unpaired) electrons. The van der Waals surface area contributed by atoms with Crippen LogP contribution in [0.2, 0.25) is 0 Å². The first-order valence-electron chi connectivity index (χ1n) is 11.0. The van der Waals surface area contributed by atoms with E-state index in [0.717, 1.165) is 60.8 Å². The van der Waals surface area contributed by atoms with Crippen molar-refractivity contribution in [3.05, 3.63) is 69.7 Å². The van der Waals surface area contributed by atoms with Gasteiger partial charge in [0.05, 0.1) is 5.92 Å². The Kier molecular flexibility index (Phi) is 6.12. The first kappa shape index (κ1) is 20.7. The maximum absolute atomic E-state index is 6.02. The van der Waals surface area contributed by atoms with Gasteiger partial charge in [-0.25, -0.2) is 0 Å². The average molecular weight is 482 g/mol. The van der Waals surface area contributed by atoms with Crippen LogP contribution >= 0.6 is 15.9 Å². The van der Waals surface area contributed by atoms with Crippen molar-refractivity contribution < 1.29 is 9.57 Å². The van der Waals surface area contributed by atoms with E-state index in [0.29, 0.717) is 6.61 Å². The van der Waals surface area contributed by atoms with Crippen molar-refractivity contribution in [1.29, 1.82) is 0 Å². The topological polar surface area (TPSA) is 37.3 Å². The number of piperazine rings is 1. The van der Waals surface area contributed by atoms with Crippen LogP contribution in [-0.4, -0.2) is 67.5 Å². The number of oxime groups is 1. The quantitative estimate of drug-likeness (QED) is 0.638. The highest BCUT2D eigenvalue weighted by Crippen LogP contribution is 2.35. The summed E-state index contributed by atoms with van der Waals surface area (Å²) in [5.74, 6) is 1.10. The van der Waals surface area contributed by atoms with Gasteiger partial charge in [0.25, 0.3) is 0 Å². The molecule has 162 valence electrons. The molecule has 0 spiro atoms. The molecule has 3 aliphatic rings. The summed E-state index contributed by atoms with van der Waals surface area (Å²) >= 11 is 3.51. The number of ether oxygens (including phenoxy) is 1. The molecule has 0 N–H and O–H groups in total. The minimum Gasteiger partial charge on any atom is -0.492 e. The Balaban J connectivity index is 1.13. The third-order valence-electron chi connectivity index (χ3n) is 6.31. The Morgan fingerprint density at radius 2 is 1.87 bits per heavy atom. The zero-order valence-corrected chi connectivity index (χ0v) is 19.4. The van der Waals surface area contributed by atoms with Crippen LogP contribution in [0.5, 0.6) is 5.75 Å². The minimum absolute atomic E-state index is 0.0676. The smallest absolute Gasteiger partial charge is 0.151 e. The molecule has 2 unspecified atom stereocenters. The van der Waals surface area contributed by atoms with Gasteiger partial charge in [-0.3, -0.25) is 9.80 Å². The Morgan fingerprint density at radius 3 is 2.68 bits per heavy atom. The summed E-state index contributed by atoms with van der Waals surface area (Å²) in [6.07, 6.45) is 2.36. The van der Waals surface area contributed by atoms with Crippen molar-refractivity contribution in [3.63, 3.8) is 0 Å². The van der Waals surface area contributed by atoms with Gasteiger partial charge < -0.3 is 9.57 Å². The molecule has 0 aliphatic carbocycles. The number of hydrogen-bond donors (Lipinski definition) is 0. The fourth-order valence-electron chi connectivity index (χ4n) is 4.66. The molecule has 1 saturated heterocycles. The molecular weight excluding hydrogens is 454 g/mol. The van der Waals surface area contributed by atoms with Crippen molar-refractivity contribution in [2.24, 2.45) is 11.1 Å². The molecule has 0 aromatic heterocycles. The molecule has 2 aromatic carbocycles. The summed E-state index contributed by atoms with van der Waals surface area (Å²) in [6.45, 7) is 9.07. The summed E-state index contributed by atoms with van der Waals surface area (Å²) in [5.41, 5.74) is 4.78. The lowest BCUT2D eigenvalue weighted by molar-refractivity contribution is 0.0101. The highest BCUT2D eigenvalue weighted by molar-refractivity contribution is 9.10. The zero-order valence-electron chi connectivity index (χ0n) is 17.8. The molecule has 3 aliphatic heterocycles. The lowest BCUT2D eigenvalue weighted by atomic mass is 9.90. The van der Waals surface area contributed by atoms with Crippen molar-refractivity contribution in [2.75, 3.05) is 45.9 Å². The van der Waals surface area contributed by atoms with E-state index in [1.807, 2.05) is 12.1 Å². The lowest BCUT2D eigenvalue weighted by Gasteiger charge is -2.36. The average Bonchev–Trinajstić information content (AvgIpc) is 3.18. The number of benzene rings is 2. The zero-order chi connectivity index (χ0) is 21.2. The number of halogens is 1. The van der Waals surface area contributed by atoms with E-state index in [1.54, 1.807) is 0 Å². The second kappa shape index (κ2) is 9.15. The van der Waals surface area contributed by atoms with E-state index in [9.17, 15) is 0 Å². The molecule has 31 heavy (non-hydrogen) atoms. The predicted octanol–water partition coefficient (Wildman–Crippen LogP) is 4.28. The van der Waals surface area contributed by atoms with E-state index >= 15 is 0 Å². The van der Waals surface area contributed by atoms with Crippen LogP contribution in [0.3, 0.4) is 0 Å². The molecule has 2 atom stereocenters. The highest BCUT2D eigenvalue weighted by atomic mass is 79.9. The Labute approximate surface area is 192 Å². The second-order valence-electron chi connectivity index (χ2n) is 8.66. The van der Waals surface area contributed by atoms with E-state index in [4.69, 9.17) is 9.57 Å². The lowest BCUT2D eigenvalue weighted by Crippen LogP contribution is -2.50. The third kappa shape index (κ3) is 4.71. The van der Waals surface area contributed by atoms with E-state index in [-0.39, 0.29) is 12.0 Å². The molecular formula is C25H28BrN3O2. The molecule has 2 aromatic rings. The summed E-state index contributed by atoms with van der Waals surface area (Å²) < 4.78 is 7.04. The van der Waals surface area contributed by atoms with Crippen molar-refractivity contribution in [3.8, 4) is 5.75 Å². The molecule has 0 saturated carbocycles. The molecule has 5 nitrogen and oxygen atoms in total.